The molecule has 1 rings (SSSR count). The Balaban J connectivity index is 2.47. The molecule has 60 heavy (non-hydrogen) atoms. The molecule has 1 saturated carbocycles. The molecule has 14 heteroatoms. The van der Waals surface area contributed by atoms with Crippen molar-refractivity contribution in [2.45, 2.75) is 230 Å². The van der Waals surface area contributed by atoms with E-state index in [9.17, 15) is 44.6 Å². The van der Waals surface area contributed by atoms with E-state index in [2.05, 4.69) is 50.3 Å². The lowest BCUT2D eigenvalue weighted by Gasteiger charge is -2.41. The number of carbonyl (C=O) groups is 2. The standard InChI is InChI=1S/C46H83O13P/c1-3-5-7-9-11-13-15-17-19-20-21-23-25-27-29-31-33-35-40(48)58-38(37-57-60(54,55)59-46-44(52)42(50)41(49)43(51)45(46)53)36-56-39(47)34-32-30-28-26-24-22-18-16-14-12-10-8-6-4-2/h11,13,16-19,38,41-46,49-53H,3-10,12,14-15,20-37H2,1-2H3,(H,54,55)/b13-11-,18-16-,19-17-/t38-,41?,42-,43?,44?,45?,46?/m1/s1. The van der Waals surface area contributed by atoms with Crippen LogP contribution in [0.5, 0.6) is 0 Å². The SMILES string of the molecule is CCCCC/C=C\C/C=C\CCCCCCCCCC(=O)O[C@H](COC(=O)CCCCCCC/C=C\CCCCCCC)COP(=O)(O)OC1C(O)C(O)C(O)[C@@H](O)C1O. The second-order valence-corrected chi connectivity index (χ2v) is 17.7. The molecule has 0 aromatic heterocycles. The van der Waals surface area contributed by atoms with E-state index in [-0.39, 0.29) is 12.8 Å². The number of phosphoric ester groups is 1. The Morgan fingerprint density at radius 3 is 1.40 bits per heavy atom. The Hall–Kier alpha value is -1.93. The molecule has 8 atom stereocenters. The number of esters is 2. The van der Waals surface area contributed by atoms with Crippen LogP contribution in [-0.2, 0) is 32.7 Å². The molecule has 0 bridgehead atoms. The van der Waals surface area contributed by atoms with Gasteiger partial charge in [-0.25, -0.2) is 4.57 Å². The fourth-order valence-electron chi connectivity index (χ4n) is 6.90. The van der Waals surface area contributed by atoms with Gasteiger partial charge in [-0.3, -0.25) is 18.6 Å². The normalized spacial score (nSPS) is 22.5. The highest BCUT2D eigenvalue weighted by Gasteiger charge is 2.51. The second kappa shape index (κ2) is 36.5. The summed E-state index contributed by atoms with van der Waals surface area (Å²) in [4.78, 5) is 35.7. The molecule has 13 nitrogen and oxygen atoms in total. The third-order valence-corrected chi connectivity index (χ3v) is 11.7. The summed E-state index contributed by atoms with van der Waals surface area (Å²) < 4.78 is 33.5. The first-order chi connectivity index (χ1) is 28.9. The molecule has 6 unspecified atom stereocenters. The first-order valence-electron chi connectivity index (χ1n) is 23.3. The molecular formula is C46H83O13P. The molecule has 0 amide bonds. The lowest BCUT2D eigenvalue weighted by Crippen LogP contribution is -2.64. The molecule has 350 valence electrons. The average molecular weight is 875 g/mol. The predicted octanol–water partition coefficient (Wildman–Crippen LogP) is 9.00. The maximum Gasteiger partial charge on any atom is 0.472 e. The van der Waals surface area contributed by atoms with Crippen LogP contribution in [0.3, 0.4) is 0 Å². The number of allylic oxidation sites excluding steroid dienone is 6. The molecule has 0 saturated heterocycles. The Bertz CT molecular complexity index is 1190. The first-order valence-corrected chi connectivity index (χ1v) is 24.8. The Morgan fingerprint density at radius 2 is 0.900 bits per heavy atom. The third kappa shape index (κ3) is 28.6. The number of aliphatic hydroxyl groups is 5. The smallest absolute Gasteiger partial charge is 0.462 e. The van der Waals surface area contributed by atoms with Crippen molar-refractivity contribution >= 4 is 19.8 Å². The number of unbranched alkanes of at least 4 members (excludes halogenated alkanes) is 20. The Labute approximate surface area is 361 Å². The Morgan fingerprint density at radius 1 is 0.517 bits per heavy atom. The number of carbonyl (C=O) groups excluding carboxylic acids is 2. The van der Waals surface area contributed by atoms with Gasteiger partial charge in [0.05, 0.1) is 6.61 Å². The van der Waals surface area contributed by atoms with Crippen molar-refractivity contribution in [3.63, 3.8) is 0 Å². The largest absolute Gasteiger partial charge is 0.472 e. The van der Waals surface area contributed by atoms with Gasteiger partial charge in [0.15, 0.2) is 6.10 Å². The molecule has 0 radical (unpaired) electrons. The van der Waals surface area contributed by atoms with E-state index in [0.29, 0.717) is 12.8 Å². The molecule has 0 aromatic rings. The van der Waals surface area contributed by atoms with Crippen molar-refractivity contribution in [2.24, 2.45) is 0 Å². The maximum absolute atomic E-state index is 12.8. The van der Waals surface area contributed by atoms with Crippen LogP contribution in [0.4, 0.5) is 0 Å². The average Bonchev–Trinajstić information content (AvgIpc) is 3.23. The van der Waals surface area contributed by atoms with Gasteiger partial charge in [0.1, 0.15) is 43.2 Å². The fraction of sp³-hybridized carbons (Fsp3) is 0.826. The summed E-state index contributed by atoms with van der Waals surface area (Å²) in [5.74, 6) is -1.12. The maximum atomic E-state index is 12.8. The van der Waals surface area contributed by atoms with Gasteiger partial charge in [-0.15, -0.1) is 0 Å². The molecule has 1 fully saturated rings. The lowest BCUT2D eigenvalue weighted by atomic mass is 9.85. The van der Waals surface area contributed by atoms with Crippen molar-refractivity contribution in [3.8, 4) is 0 Å². The zero-order valence-electron chi connectivity index (χ0n) is 37.0. The van der Waals surface area contributed by atoms with E-state index in [0.717, 1.165) is 96.3 Å². The van der Waals surface area contributed by atoms with Gasteiger partial charge < -0.3 is 39.9 Å². The summed E-state index contributed by atoms with van der Waals surface area (Å²) in [6.07, 6.45) is 27.6. The van der Waals surface area contributed by atoms with Crippen LogP contribution < -0.4 is 0 Å². The lowest BCUT2D eigenvalue weighted by molar-refractivity contribution is -0.220. The monoisotopic (exact) mass is 875 g/mol. The summed E-state index contributed by atoms with van der Waals surface area (Å²) in [5, 5.41) is 50.1. The Kier molecular flexibility index (Phi) is 34.2. The highest BCUT2D eigenvalue weighted by atomic mass is 31.2. The molecule has 6 N–H and O–H groups in total. The van der Waals surface area contributed by atoms with E-state index in [4.69, 9.17) is 18.5 Å². The van der Waals surface area contributed by atoms with Crippen molar-refractivity contribution in [1.82, 2.24) is 0 Å². The van der Waals surface area contributed by atoms with E-state index in [1.807, 2.05) is 0 Å². The minimum absolute atomic E-state index is 0.0863. The van der Waals surface area contributed by atoms with Crippen molar-refractivity contribution in [2.75, 3.05) is 13.2 Å². The van der Waals surface area contributed by atoms with Gasteiger partial charge >= 0.3 is 19.8 Å². The number of rotatable bonds is 38. The number of hydrogen-bond acceptors (Lipinski definition) is 12. The summed E-state index contributed by atoms with van der Waals surface area (Å²) in [5.41, 5.74) is 0. The first kappa shape index (κ1) is 56.1. The quantitative estimate of drug-likeness (QED) is 0.0148. The molecule has 0 aliphatic heterocycles. The van der Waals surface area contributed by atoms with Gasteiger partial charge in [0.25, 0.3) is 0 Å². The van der Waals surface area contributed by atoms with Crippen molar-refractivity contribution in [3.05, 3.63) is 36.5 Å². The molecular weight excluding hydrogens is 791 g/mol. The van der Waals surface area contributed by atoms with Crippen molar-refractivity contribution in [1.29, 1.82) is 0 Å². The van der Waals surface area contributed by atoms with Crippen LogP contribution in [0.1, 0.15) is 187 Å². The molecule has 1 aliphatic carbocycles. The van der Waals surface area contributed by atoms with E-state index in [1.165, 1.54) is 51.4 Å². The molecule has 0 spiro atoms. The van der Waals surface area contributed by atoms with Gasteiger partial charge in [-0.05, 0) is 70.6 Å². The summed E-state index contributed by atoms with van der Waals surface area (Å²) >= 11 is 0. The molecule has 0 heterocycles. The summed E-state index contributed by atoms with van der Waals surface area (Å²) in [7, 11) is -5.12. The van der Waals surface area contributed by atoms with Crippen LogP contribution >= 0.6 is 7.82 Å². The van der Waals surface area contributed by atoms with Gasteiger partial charge in [0, 0.05) is 12.8 Å². The minimum Gasteiger partial charge on any atom is -0.462 e. The number of phosphoric acid groups is 1. The van der Waals surface area contributed by atoms with Crippen molar-refractivity contribution < 1.29 is 63.1 Å². The predicted molar refractivity (Wildman–Crippen MR) is 235 cm³/mol. The van der Waals surface area contributed by atoms with E-state index >= 15 is 0 Å². The zero-order chi connectivity index (χ0) is 44.3. The van der Waals surface area contributed by atoms with Crippen LogP contribution in [0.25, 0.3) is 0 Å². The topological polar surface area (TPSA) is 210 Å². The minimum atomic E-state index is -5.12. The third-order valence-electron chi connectivity index (χ3n) is 10.7. The summed E-state index contributed by atoms with van der Waals surface area (Å²) in [6, 6.07) is 0. The highest BCUT2D eigenvalue weighted by molar-refractivity contribution is 7.47. The van der Waals surface area contributed by atoms with Crippen LogP contribution in [0, 0.1) is 0 Å². The van der Waals surface area contributed by atoms with Crippen LogP contribution in [0.15, 0.2) is 36.5 Å². The highest BCUT2D eigenvalue weighted by Crippen LogP contribution is 2.47. The van der Waals surface area contributed by atoms with E-state index < -0.39 is 75.7 Å². The van der Waals surface area contributed by atoms with Gasteiger partial charge in [-0.2, -0.15) is 0 Å². The van der Waals surface area contributed by atoms with Gasteiger partial charge in [-0.1, -0.05) is 140 Å². The summed E-state index contributed by atoms with van der Waals surface area (Å²) in [6.45, 7) is 3.25. The van der Waals surface area contributed by atoms with E-state index in [1.54, 1.807) is 0 Å². The van der Waals surface area contributed by atoms with Crippen LogP contribution in [0.2, 0.25) is 0 Å². The van der Waals surface area contributed by atoms with Gasteiger partial charge in [0.2, 0.25) is 0 Å². The number of ether oxygens (including phenoxy) is 2. The second-order valence-electron chi connectivity index (χ2n) is 16.3. The zero-order valence-corrected chi connectivity index (χ0v) is 37.9. The fourth-order valence-corrected chi connectivity index (χ4v) is 7.87. The molecule has 0 aromatic carbocycles. The number of aliphatic hydroxyl groups excluding tert-OH is 5. The number of hydrogen-bond donors (Lipinski definition) is 6. The molecule has 1 aliphatic rings. The van der Waals surface area contributed by atoms with Crippen LogP contribution in [-0.4, -0.2) is 98.3 Å².